The van der Waals surface area contributed by atoms with E-state index in [9.17, 15) is 14.9 Å². The van der Waals surface area contributed by atoms with Gasteiger partial charge in [0, 0.05) is 12.2 Å². The van der Waals surface area contributed by atoms with E-state index < -0.39 is 4.92 Å². The summed E-state index contributed by atoms with van der Waals surface area (Å²) >= 11 is 0. The van der Waals surface area contributed by atoms with E-state index in [-0.39, 0.29) is 24.0 Å². The molecule has 0 saturated carbocycles. The van der Waals surface area contributed by atoms with Crippen molar-refractivity contribution in [1.82, 2.24) is 0 Å². The number of fused-ring (bicyclic) bond motifs is 1. The van der Waals surface area contributed by atoms with Gasteiger partial charge in [-0.1, -0.05) is 18.2 Å². The Hall–Kier alpha value is -3.09. The molecule has 24 heavy (non-hydrogen) atoms. The molecule has 7 heteroatoms. The van der Waals surface area contributed by atoms with Crippen molar-refractivity contribution in [2.45, 2.75) is 6.42 Å². The molecule has 0 spiro atoms. The minimum atomic E-state index is -0.562. The zero-order valence-corrected chi connectivity index (χ0v) is 13.1. The second-order valence-corrected chi connectivity index (χ2v) is 5.30. The number of nitro groups is 1. The van der Waals surface area contributed by atoms with Crippen LogP contribution in [-0.4, -0.2) is 31.1 Å². The molecular weight excluding hydrogens is 312 g/mol. The minimum absolute atomic E-state index is 0.0432. The Morgan fingerprint density at radius 2 is 2.08 bits per heavy atom. The summed E-state index contributed by atoms with van der Waals surface area (Å²) in [5, 5.41) is 11.1. The molecule has 0 aliphatic carbocycles. The van der Waals surface area contributed by atoms with Gasteiger partial charge in [0.1, 0.15) is 5.75 Å². The summed E-state index contributed by atoms with van der Waals surface area (Å²) in [6.07, 6.45) is 0.796. The van der Waals surface area contributed by atoms with Gasteiger partial charge in [-0.05, 0) is 30.2 Å². The lowest BCUT2D eigenvalue weighted by Gasteiger charge is -2.17. The highest BCUT2D eigenvalue weighted by molar-refractivity contribution is 5.96. The summed E-state index contributed by atoms with van der Waals surface area (Å²) < 4.78 is 10.4. The van der Waals surface area contributed by atoms with E-state index in [2.05, 4.69) is 0 Å². The number of anilines is 1. The van der Waals surface area contributed by atoms with E-state index in [0.29, 0.717) is 12.3 Å². The number of carbonyl (C=O) groups is 1. The Morgan fingerprint density at radius 3 is 2.83 bits per heavy atom. The van der Waals surface area contributed by atoms with Crippen LogP contribution in [0.25, 0.3) is 0 Å². The van der Waals surface area contributed by atoms with Crippen molar-refractivity contribution in [3.05, 3.63) is 58.1 Å². The molecule has 2 aromatic rings. The van der Waals surface area contributed by atoms with Gasteiger partial charge >= 0.3 is 5.69 Å². The van der Waals surface area contributed by atoms with E-state index in [4.69, 9.17) is 9.47 Å². The van der Waals surface area contributed by atoms with Crippen LogP contribution in [0.15, 0.2) is 42.5 Å². The number of rotatable bonds is 5. The van der Waals surface area contributed by atoms with Crippen LogP contribution in [0.3, 0.4) is 0 Å². The topological polar surface area (TPSA) is 81.9 Å². The lowest BCUT2D eigenvalue weighted by atomic mass is 10.2. The summed E-state index contributed by atoms with van der Waals surface area (Å²) in [6.45, 7) is 0.327. The van der Waals surface area contributed by atoms with Gasteiger partial charge in [-0.3, -0.25) is 14.9 Å². The number of carbonyl (C=O) groups excluding carboxylic acids is 1. The number of para-hydroxylation sites is 1. The van der Waals surface area contributed by atoms with Crippen LogP contribution in [0.4, 0.5) is 11.4 Å². The van der Waals surface area contributed by atoms with Crippen molar-refractivity contribution in [2.24, 2.45) is 0 Å². The lowest BCUT2D eigenvalue weighted by Crippen LogP contribution is -2.33. The molecule has 1 aliphatic rings. The van der Waals surface area contributed by atoms with Gasteiger partial charge in [-0.2, -0.15) is 0 Å². The molecule has 0 aromatic heterocycles. The van der Waals surface area contributed by atoms with Crippen LogP contribution in [0.5, 0.6) is 11.5 Å². The summed E-state index contributed by atoms with van der Waals surface area (Å²) in [7, 11) is 1.42. The quantitative estimate of drug-likeness (QED) is 0.622. The number of ether oxygens (including phenoxy) is 2. The van der Waals surface area contributed by atoms with E-state index in [1.807, 2.05) is 24.3 Å². The Kier molecular flexibility index (Phi) is 4.33. The zero-order chi connectivity index (χ0) is 17.1. The van der Waals surface area contributed by atoms with Gasteiger partial charge in [0.05, 0.1) is 18.1 Å². The highest BCUT2D eigenvalue weighted by Crippen LogP contribution is 2.32. The van der Waals surface area contributed by atoms with Crippen molar-refractivity contribution >= 4 is 17.3 Å². The van der Waals surface area contributed by atoms with Crippen LogP contribution in [0, 0.1) is 10.1 Å². The smallest absolute Gasteiger partial charge is 0.314 e. The Balaban J connectivity index is 1.72. The molecule has 0 fully saturated rings. The molecule has 124 valence electrons. The van der Waals surface area contributed by atoms with Gasteiger partial charge in [0.25, 0.3) is 5.91 Å². The number of benzene rings is 2. The average molecular weight is 328 g/mol. The maximum atomic E-state index is 12.4. The number of nitrogens with zero attached hydrogens (tertiary/aromatic N) is 2. The average Bonchev–Trinajstić information content (AvgIpc) is 3.03. The maximum absolute atomic E-state index is 12.4. The maximum Gasteiger partial charge on any atom is 0.314 e. The molecule has 0 unspecified atom stereocenters. The van der Waals surface area contributed by atoms with E-state index in [1.54, 1.807) is 11.0 Å². The third-order valence-corrected chi connectivity index (χ3v) is 3.90. The number of hydrogen-bond acceptors (Lipinski definition) is 5. The fraction of sp³-hybridized carbons (Fsp3) is 0.235. The van der Waals surface area contributed by atoms with Crippen molar-refractivity contribution in [2.75, 3.05) is 25.2 Å². The normalized spacial score (nSPS) is 12.6. The molecule has 0 N–H and O–H groups in total. The first-order chi connectivity index (χ1) is 11.6. The molecule has 0 atom stereocenters. The van der Waals surface area contributed by atoms with Crippen LogP contribution < -0.4 is 14.4 Å². The molecule has 0 saturated heterocycles. The first-order valence-electron chi connectivity index (χ1n) is 7.43. The second kappa shape index (κ2) is 6.57. The fourth-order valence-corrected chi connectivity index (χ4v) is 2.70. The van der Waals surface area contributed by atoms with E-state index in [1.165, 1.54) is 19.2 Å². The first-order valence-corrected chi connectivity index (χ1v) is 7.43. The van der Waals surface area contributed by atoms with Crippen molar-refractivity contribution < 1.29 is 19.2 Å². The highest BCUT2D eigenvalue weighted by atomic mass is 16.6. The number of amides is 1. The van der Waals surface area contributed by atoms with Gasteiger partial charge < -0.3 is 14.4 Å². The van der Waals surface area contributed by atoms with Crippen LogP contribution >= 0.6 is 0 Å². The lowest BCUT2D eigenvalue weighted by molar-refractivity contribution is -0.385. The minimum Gasteiger partial charge on any atom is -0.496 e. The van der Waals surface area contributed by atoms with Crippen LogP contribution in [0.2, 0.25) is 0 Å². The molecule has 2 aromatic carbocycles. The summed E-state index contributed by atoms with van der Waals surface area (Å²) in [5.41, 5.74) is 1.75. The van der Waals surface area contributed by atoms with Crippen LogP contribution in [-0.2, 0) is 11.2 Å². The molecule has 3 rings (SSSR count). The standard InChI is InChI=1S/C17H16N2O5/c1-23-13-6-7-16(15(10-13)19(21)22)24-11-17(20)18-9-8-12-4-2-3-5-14(12)18/h2-7,10H,8-9,11H2,1H3. The molecule has 1 amide bonds. The number of hydrogen-bond donors (Lipinski definition) is 0. The predicted molar refractivity (Wildman–Crippen MR) is 87.6 cm³/mol. The second-order valence-electron chi connectivity index (χ2n) is 5.30. The Morgan fingerprint density at radius 1 is 1.29 bits per heavy atom. The van der Waals surface area contributed by atoms with Gasteiger partial charge in [0.15, 0.2) is 12.4 Å². The zero-order valence-electron chi connectivity index (χ0n) is 13.1. The van der Waals surface area contributed by atoms with Gasteiger partial charge in [0.2, 0.25) is 0 Å². The first kappa shape index (κ1) is 15.8. The third-order valence-electron chi connectivity index (χ3n) is 3.90. The monoisotopic (exact) mass is 328 g/mol. The van der Waals surface area contributed by atoms with Crippen molar-refractivity contribution in [3.63, 3.8) is 0 Å². The molecule has 7 nitrogen and oxygen atoms in total. The molecule has 1 heterocycles. The number of nitro benzene ring substituents is 1. The van der Waals surface area contributed by atoms with Gasteiger partial charge in [-0.15, -0.1) is 0 Å². The van der Waals surface area contributed by atoms with Gasteiger partial charge in [-0.25, -0.2) is 0 Å². The predicted octanol–water partition coefficient (Wildman–Crippen LogP) is 2.57. The number of methoxy groups -OCH3 is 1. The van der Waals surface area contributed by atoms with E-state index >= 15 is 0 Å². The summed E-state index contributed by atoms with van der Waals surface area (Å²) in [4.78, 5) is 24.6. The molecule has 0 bridgehead atoms. The molecule has 0 radical (unpaired) electrons. The van der Waals surface area contributed by atoms with Crippen molar-refractivity contribution in [3.8, 4) is 11.5 Å². The molecular formula is C17H16N2O5. The highest BCUT2D eigenvalue weighted by Gasteiger charge is 2.25. The fourth-order valence-electron chi connectivity index (χ4n) is 2.70. The SMILES string of the molecule is COc1ccc(OCC(=O)N2CCc3ccccc32)c([N+](=O)[O-])c1. The Labute approximate surface area is 138 Å². The summed E-state index contributed by atoms with van der Waals surface area (Å²) in [6, 6.07) is 11.9. The van der Waals surface area contributed by atoms with Crippen molar-refractivity contribution in [1.29, 1.82) is 0 Å². The third kappa shape index (κ3) is 3.01. The van der Waals surface area contributed by atoms with E-state index in [0.717, 1.165) is 17.7 Å². The Bertz CT molecular complexity index is 790. The summed E-state index contributed by atoms with van der Waals surface area (Å²) in [5.74, 6) is 0.167. The van der Waals surface area contributed by atoms with Crippen LogP contribution in [0.1, 0.15) is 5.56 Å². The molecule has 1 aliphatic heterocycles. The largest absolute Gasteiger partial charge is 0.496 e.